The van der Waals surface area contributed by atoms with E-state index in [1.54, 1.807) is 46.2 Å². The van der Waals surface area contributed by atoms with Gasteiger partial charge in [-0.1, -0.05) is 35.7 Å². The number of benzene rings is 1. The molecule has 0 N–H and O–H groups in total. The van der Waals surface area contributed by atoms with Crippen LogP contribution in [0.15, 0.2) is 30.3 Å². The van der Waals surface area contributed by atoms with Crippen molar-refractivity contribution in [1.29, 1.82) is 0 Å². The molecule has 0 saturated carbocycles. The van der Waals surface area contributed by atoms with E-state index in [1.807, 2.05) is 0 Å². The van der Waals surface area contributed by atoms with Crippen LogP contribution in [0.4, 0.5) is 0 Å². The van der Waals surface area contributed by atoms with Gasteiger partial charge in [-0.25, -0.2) is 0 Å². The summed E-state index contributed by atoms with van der Waals surface area (Å²) in [5.41, 5.74) is 0. The first-order valence-corrected chi connectivity index (χ1v) is 8.90. The van der Waals surface area contributed by atoms with E-state index in [0.29, 0.717) is 13.2 Å². The molecule has 0 spiro atoms. The van der Waals surface area contributed by atoms with Gasteiger partial charge in [0.15, 0.2) is 11.5 Å². The van der Waals surface area contributed by atoms with E-state index in [9.17, 15) is 0 Å². The van der Waals surface area contributed by atoms with Crippen molar-refractivity contribution in [2.24, 2.45) is 0 Å². The topological polar surface area (TPSA) is 18.5 Å². The molecule has 0 atom stereocenters. The van der Waals surface area contributed by atoms with E-state index < -0.39 is 0 Å². The lowest BCUT2D eigenvalue weighted by Crippen LogP contribution is -2.15. The molecule has 4 rings (SSSR count). The maximum atomic E-state index is 5.62. The van der Waals surface area contributed by atoms with E-state index in [-0.39, 0.29) is 0 Å². The van der Waals surface area contributed by atoms with Crippen molar-refractivity contribution in [2.45, 2.75) is 18.2 Å². The van der Waals surface area contributed by atoms with Crippen LogP contribution in [0.2, 0.25) is 0 Å². The zero-order valence-electron chi connectivity index (χ0n) is 8.93. The van der Waals surface area contributed by atoms with Crippen molar-refractivity contribution in [3.63, 3.8) is 0 Å². The van der Waals surface area contributed by atoms with Gasteiger partial charge in [0.2, 0.25) is 0 Å². The first-order valence-electron chi connectivity index (χ1n) is 5.23. The molecule has 92 valence electrons. The summed E-state index contributed by atoms with van der Waals surface area (Å²) in [6.45, 7) is 1.26. The summed E-state index contributed by atoms with van der Waals surface area (Å²) in [6, 6.07) is 4.16. The minimum atomic E-state index is 0.631. The van der Waals surface area contributed by atoms with Crippen LogP contribution in [0.3, 0.4) is 0 Å². The van der Waals surface area contributed by atoms with Crippen LogP contribution >= 0.6 is 58.4 Å². The van der Waals surface area contributed by atoms with Crippen LogP contribution in [-0.2, 0) is 0 Å². The summed E-state index contributed by atoms with van der Waals surface area (Å²) in [5.74, 6) is 1.71. The van der Waals surface area contributed by atoms with Gasteiger partial charge in [0, 0.05) is 9.79 Å². The lowest BCUT2D eigenvalue weighted by Gasteiger charge is -2.22. The molecule has 1 aromatic heterocycles. The summed E-state index contributed by atoms with van der Waals surface area (Å²) in [4.78, 5) is 2.47. The molecule has 0 bridgehead atoms. The van der Waals surface area contributed by atoms with Crippen LogP contribution in [0, 0.1) is 3.14 Å². The van der Waals surface area contributed by atoms with Gasteiger partial charge in [-0.05, 0) is 12.1 Å². The fourth-order valence-corrected chi connectivity index (χ4v) is 7.90. The van der Waals surface area contributed by atoms with E-state index in [2.05, 4.69) is 12.1 Å². The Morgan fingerprint density at radius 1 is 0.889 bits per heavy atom. The highest BCUT2D eigenvalue weighted by atomic mass is 32.2. The van der Waals surface area contributed by atoms with Crippen LogP contribution < -0.4 is 9.47 Å². The predicted molar refractivity (Wildman–Crippen MR) is 78.7 cm³/mol. The second-order valence-corrected chi connectivity index (χ2v) is 9.52. The monoisotopic (exact) mass is 330 g/mol. The quantitative estimate of drug-likeness (QED) is 0.543. The minimum Gasteiger partial charge on any atom is -0.486 e. The number of hydrogen-bond acceptors (Lipinski definition) is 7. The van der Waals surface area contributed by atoms with Gasteiger partial charge in [0.05, 0.1) is 8.42 Å². The molecular weight excluding hydrogens is 324 g/mol. The predicted octanol–water partition coefficient (Wildman–Crippen LogP) is 4.93. The fraction of sp³-hybridized carbons (Fsp3) is 0.182. The Hall–Kier alpha value is -0.210. The van der Waals surface area contributed by atoms with Crippen LogP contribution in [0.1, 0.15) is 0 Å². The molecule has 0 amide bonds. The van der Waals surface area contributed by atoms with Crippen molar-refractivity contribution in [2.75, 3.05) is 13.2 Å². The molecule has 0 unspecified atom stereocenters. The molecule has 0 saturated heterocycles. The van der Waals surface area contributed by atoms with Crippen molar-refractivity contribution in [3.05, 3.63) is 15.3 Å². The summed E-state index contributed by atoms with van der Waals surface area (Å²) in [7, 11) is 0. The van der Waals surface area contributed by atoms with Gasteiger partial charge in [-0.15, -0.1) is 22.7 Å². The molecule has 3 heterocycles. The Bertz CT molecular complexity index is 632. The third kappa shape index (κ3) is 1.89. The highest BCUT2D eigenvalue weighted by Crippen LogP contribution is 2.55. The Morgan fingerprint density at radius 3 is 1.89 bits per heavy atom. The Balaban J connectivity index is 1.83. The Kier molecular flexibility index (Phi) is 2.85. The SMILES string of the molecule is S=c1sc2c(s1)Sc1cc3c(cc1S2)OCCO3. The molecule has 1 aromatic carbocycles. The average molecular weight is 331 g/mol. The fourth-order valence-electron chi connectivity index (χ4n) is 1.79. The molecular formula is C11H6O2S5. The molecule has 0 aliphatic carbocycles. The molecule has 2 nitrogen and oxygen atoms in total. The van der Waals surface area contributed by atoms with Crippen molar-refractivity contribution in [1.82, 2.24) is 0 Å². The Morgan fingerprint density at radius 2 is 1.39 bits per heavy atom. The van der Waals surface area contributed by atoms with Gasteiger partial charge >= 0.3 is 0 Å². The van der Waals surface area contributed by atoms with E-state index in [1.165, 1.54) is 18.2 Å². The summed E-state index contributed by atoms with van der Waals surface area (Å²) in [5, 5.41) is 0. The molecule has 2 aromatic rings. The first-order chi connectivity index (χ1) is 8.79. The maximum Gasteiger partial charge on any atom is 0.162 e. The summed E-state index contributed by atoms with van der Waals surface area (Å²) >= 11 is 12.2. The normalized spacial score (nSPS) is 16.0. The highest BCUT2D eigenvalue weighted by Gasteiger charge is 2.23. The standard InChI is InChI=1S/C11H6O2S5/c14-11-17-9-10(18-11)16-8-4-6-5(3-7(8)15-9)12-1-2-13-6/h3-4H,1-2H2. The highest BCUT2D eigenvalue weighted by molar-refractivity contribution is 8.07. The van der Waals surface area contributed by atoms with Gasteiger partial charge < -0.3 is 9.47 Å². The van der Waals surface area contributed by atoms with Crippen LogP contribution in [0.25, 0.3) is 0 Å². The second kappa shape index (κ2) is 4.42. The largest absolute Gasteiger partial charge is 0.486 e. The lowest BCUT2D eigenvalue weighted by atomic mass is 10.3. The number of fused-ring (bicyclic) bond motifs is 3. The number of hydrogen-bond donors (Lipinski definition) is 0. The van der Waals surface area contributed by atoms with E-state index in [0.717, 1.165) is 14.6 Å². The van der Waals surface area contributed by atoms with Crippen molar-refractivity contribution >= 4 is 58.4 Å². The molecule has 2 aliphatic rings. The Labute approximate surface area is 125 Å². The zero-order chi connectivity index (χ0) is 12.1. The van der Waals surface area contributed by atoms with Crippen molar-refractivity contribution < 1.29 is 9.47 Å². The van der Waals surface area contributed by atoms with Crippen LogP contribution in [0.5, 0.6) is 11.5 Å². The number of ether oxygens (including phenoxy) is 2. The maximum absolute atomic E-state index is 5.62. The first kappa shape index (κ1) is 11.6. The molecule has 0 fully saturated rings. The average Bonchev–Trinajstić information content (AvgIpc) is 2.72. The number of rotatable bonds is 0. The van der Waals surface area contributed by atoms with Gasteiger partial charge in [-0.2, -0.15) is 0 Å². The third-order valence-electron chi connectivity index (χ3n) is 2.53. The van der Waals surface area contributed by atoms with Crippen LogP contribution in [-0.4, -0.2) is 13.2 Å². The summed E-state index contributed by atoms with van der Waals surface area (Å²) < 4.78 is 14.8. The molecule has 7 heteroatoms. The zero-order valence-corrected chi connectivity index (χ0v) is 13.0. The lowest BCUT2D eigenvalue weighted by molar-refractivity contribution is 0.170. The molecule has 0 radical (unpaired) electrons. The van der Waals surface area contributed by atoms with E-state index >= 15 is 0 Å². The summed E-state index contributed by atoms with van der Waals surface area (Å²) in [6.07, 6.45) is 0. The van der Waals surface area contributed by atoms with Gasteiger partial charge in [0.25, 0.3) is 0 Å². The minimum absolute atomic E-state index is 0.631. The smallest absolute Gasteiger partial charge is 0.162 e. The van der Waals surface area contributed by atoms with E-state index in [4.69, 9.17) is 21.7 Å². The third-order valence-corrected chi connectivity index (χ3v) is 8.19. The molecule has 18 heavy (non-hydrogen) atoms. The van der Waals surface area contributed by atoms with Gasteiger partial charge in [0.1, 0.15) is 16.4 Å². The van der Waals surface area contributed by atoms with Crippen molar-refractivity contribution in [3.8, 4) is 11.5 Å². The molecule has 2 aliphatic heterocycles. The van der Waals surface area contributed by atoms with Gasteiger partial charge in [-0.3, -0.25) is 0 Å². The second-order valence-electron chi connectivity index (χ2n) is 3.68.